The molecule has 0 saturated carbocycles. The molecule has 0 aromatic rings. The van der Waals surface area contributed by atoms with E-state index in [0.717, 1.165) is 0 Å². The van der Waals surface area contributed by atoms with E-state index >= 15 is 0 Å². The molecule has 2 unspecified atom stereocenters. The van der Waals surface area contributed by atoms with Crippen molar-refractivity contribution in [2.75, 3.05) is 13.2 Å². The van der Waals surface area contributed by atoms with Crippen LogP contribution in [0.4, 0.5) is 0 Å². The fourth-order valence-electron chi connectivity index (χ4n) is 2.48. The van der Waals surface area contributed by atoms with E-state index < -0.39 is 11.8 Å². The second kappa shape index (κ2) is 8.28. The van der Waals surface area contributed by atoms with Gasteiger partial charge in [-0.1, -0.05) is 34.6 Å². The van der Waals surface area contributed by atoms with Gasteiger partial charge in [0, 0.05) is 0 Å². The minimum atomic E-state index is -0.483. The van der Waals surface area contributed by atoms with Crippen LogP contribution in [-0.2, 0) is 19.1 Å². The molecule has 0 fully saturated rings. The van der Waals surface area contributed by atoms with Gasteiger partial charge in [0.1, 0.15) is 0 Å². The van der Waals surface area contributed by atoms with Crippen molar-refractivity contribution >= 4 is 11.9 Å². The fraction of sp³-hybridized carbons (Fsp3) is 0.875. The summed E-state index contributed by atoms with van der Waals surface area (Å²) in [5, 5.41) is 0. The van der Waals surface area contributed by atoms with Gasteiger partial charge in [0.2, 0.25) is 0 Å². The second-order valence-corrected chi connectivity index (χ2v) is 6.58. The lowest BCUT2D eigenvalue weighted by molar-refractivity contribution is -0.166. The first kappa shape index (κ1) is 18.9. The van der Waals surface area contributed by atoms with Crippen molar-refractivity contribution in [1.29, 1.82) is 0 Å². The van der Waals surface area contributed by atoms with Gasteiger partial charge in [-0.3, -0.25) is 9.59 Å². The average Bonchev–Trinajstić information content (AvgIpc) is 2.26. The van der Waals surface area contributed by atoms with E-state index in [1.807, 2.05) is 34.6 Å². The SMILES string of the molecule is CCOC(=O)C(CC(C)C)C(C(=O)OCC)C(C)(C)C. The highest BCUT2D eigenvalue weighted by Crippen LogP contribution is 2.37. The second-order valence-electron chi connectivity index (χ2n) is 6.58. The van der Waals surface area contributed by atoms with Gasteiger partial charge in [0.15, 0.2) is 0 Å². The van der Waals surface area contributed by atoms with Gasteiger partial charge >= 0.3 is 11.9 Å². The van der Waals surface area contributed by atoms with Gasteiger partial charge < -0.3 is 9.47 Å². The molecule has 0 heterocycles. The van der Waals surface area contributed by atoms with E-state index in [1.54, 1.807) is 13.8 Å². The average molecular weight is 286 g/mol. The number of carbonyl (C=O) groups excluding carboxylic acids is 2. The minimum absolute atomic E-state index is 0.297. The Morgan fingerprint density at radius 1 is 0.950 bits per heavy atom. The van der Waals surface area contributed by atoms with Crippen molar-refractivity contribution in [1.82, 2.24) is 0 Å². The van der Waals surface area contributed by atoms with Crippen LogP contribution >= 0.6 is 0 Å². The predicted octanol–water partition coefficient (Wildman–Crippen LogP) is 3.44. The molecule has 0 aromatic heterocycles. The number of hydrogen-bond acceptors (Lipinski definition) is 4. The minimum Gasteiger partial charge on any atom is -0.466 e. The third-order valence-electron chi connectivity index (χ3n) is 3.19. The fourth-order valence-corrected chi connectivity index (χ4v) is 2.48. The summed E-state index contributed by atoms with van der Waals surface area (Å²) >= 11 is 0. The molecule has 0 aromatic carbocycles. The molecule has 20 heavy (non-hydrogen) atoms. The van der Waals surface area contributed by atoms with E-state index in [4.69, 9.17) is 9.47 Å². The van der Waals surface area contributed by atoms with E-state index in [0.29, 0.717) is 25.6 Å². The van der Waals surface area contributed by atoms with Crippen LogP contribution in [-0.4, -0.2) is 25.2 Å². The summed E-state index contributed by atoms with van der Waals surface area (Å²) in [6, 6.07) is 0. The zero-order valence-corrected chi connectivity index (χ0v) is 14.0. The Hall–Kier alpha value is -1.06. The maximum atomic E-state index is 12.3. The molecule has 0 aliphatic carbocycles. The summed E-state index contributed by atoms with van der Waals surface area (Å²) < 4.78 is 10.3. The highest BCUT2D eigenvalue weighted by atomic mass is 16.5. The molecule has 118 valence electrons. The molecule has 4 nitrogen and oxygen atoms in total. The van der Waals surface area contributed by atoms with Gasteiger partial charge in [-0.2, -0.15) is 0 Å². The Morgan fingerprint density at radius 3 is 1.75 bits per heavy atom. The van der Waals surface area contributed by atoms with Gasteiger partial charge in [-0.15, -0.1) is 0 Å². The van der Waals surface area contributed by atoms with E-state index in [2.05, 4.69) is 0 Å². The van der Waals surface area contributed by atoms with Crippen LogP contribution in [0.1, 0.15) is 54.9 Å². The molecule has 0 rings (SSSR count). The molecule has 0 aliphatic rings. The van der Waals surface area contributed by atoms with Gasteiger partial charge in [-0.25, -0.2) is 0 Å². The first-order valence-corrected chi connectivity index (χ1v) is 7.48. The summed E-state index contributed by atoms with van der Waals surface area (Å²) in [4.78, 5) is 24.5. The van der Waals surface area contributed by atoms with Crippen LogP contribution < -0.4 is 0 Å². The Bertz CT molecular complexity index is 315. The maximum Gasteiger partial charge on any atom is 0.310 e. The summed E-state index contributed by atoms with van der Waals surface area (Å²) in [5.41, 5.74) is -0.349. The molecule has 4 heteroatoms. The third-order valence-corrected chi connectivity index (χ3v) is 3.19. The van der Waals surface area contributed by atoms with Crippen LogP contribution in [0.3, 0.4) is 0 Å². The Kier molecular flexibility index (Phi) is 7.84. The first-order valence-electron chi connectivity index (χ1n) is 7.48. The Balaban J connectivity index is 5.39. The van der Waals surface area contributed by atoms with Crippen LogP contribution in [0.5, 0.6) is 0 Å². The zero-order chi connectivity index (χ0) is 15.9. The quantitative estimate of drug-likeness (QED) is 0.673. The van der Waals surface area contributed by atoms with Crippen molar-refractivity contribution in [3.05, 3.63) is 0 Å². The summed E-state index contributed by atoms with van der Waals surface area (Å²) in [6.45, 7) is 14.2. The number of carbonyl (C=O) groups is 2. The van der Waals surface area contributed by atoms with Crippen molar-refractivity contribution in [3.8, 4) is 0 Å². The van der Waals surface area contributed by atoms with Gasteiger partial charge in [-0.05, 0) is 31.6 Å². The van der Waals surface area contributed by atoms with E-state index in [-0.39, 0.29) is 17.4 Å². The molecule has 0 saturated heterocycles. The topological polar surface area (TPSA) is 52.6 Å². The molecule has 0 bridgehead atoms. The summed E-state index contributed by atoms with van der Waals surface area (Å²) in [6.07, 6.45) is 0.625. The molecule has 0 radical (unpaired) electrons. The highest BCUT2D eigenvalue weighted by Gasteiger charge is 2.43. The van der Waals surface area contributed by atoms with Crippen LogP contribution in [0.25, 0.3) is 0 Å². The lowest BCUT2D eigenvalue weighted by Gasteiger charge is -2.34. The standard InChI is InChI=1S/C16H30O4/c1-8-19-14(17)12(10-11(3)4)13(16(5,6)7)15(18)20-9-2/h11-13H,8-10H2,1-7H3. The number of hydrogen-bond donors (Lipinski definition) is 0. The van der Waals surface area contributed by atoms with Crippen molar-refractivity contribution < 1.29 is 19.1 Å². The Morgan fingerprint density at radius 2 is 1.40 bits per heavy atom. The molecule has 0 spiro atoms. The zero-order valence-electron chi connectivity index (χ0n) is 14.0. The normalized spacial score (nSPS) is 14.8. The highest BCUT2D eigenvalue weighted by molar-refractivity contribution is 5.82. The van der Waals surface area contributed by atoms with Crippen molar-refractivity contribution in [2.24, 2.45) is 23.2 Å². The molecule has 0 amide bonds. The third kappa shape index (κ3) is 5.93. The Labute approximate surface area is 123 Å². The maximum absolute atomic E-state index is 12.3. The van der Waals surface area contributed by atoms with Crippen LogP contribution in [0.15, 0.2) is 0 Å². The molecule has 0 aliphatic heterocycles. The monoisotopic (exact) mass is 286 g/mol. The summed E-state index contributed by atoms with van der Waals surface area (Å²) in [5.74, 6) is -1.23. The number of esters is 2. The first-order chi connectivity index (χ1) is 9.15. The smallest absolute Gasteiger partial charge is 0.310 e. The lowest BCUT2D eigenvalue weighted by atomic mass is 9.70. The largest absolute Gasteiger partial charge is 0.466 e. The van der Waals surface area contributed by atoms with Crippen molar-refractivity contribution in [3.63, 3.8) is 0 Å². The number of rotatable bonds is 7. The molecule has 0 N–H and O–H groups in total. The van der Waals surface area contributed by atoms with Crippen LogP contribution in [0.2, 0.25) is 0 Å². The number of ether oxygens (including phenoxy) is 2. The van der Waals surface area contributed by atoms with E-state index in [9.17, 15) is 9.59 Å². The van der Waals surface area contributed by atoms with E-state index in [1.165, 1.54) is 0 Å². The molecular weight excluding hydrogens is 256 g/mol. The van der Waals surface area contributed by atoms with Gasteiger partial charge in [0.25, 0.3) is 0 Å². The van der Waals surface area contributed by atoms with Crippen molar-refractivity contribution in [2.45, 2.75) is 54.9 Å². The molecule has 2 atom stereocenters. The van der Waals surface area contributed by atoms with Crippen LogP contribution in [0, 0.1) is 23.2 Å². The van der Waals surface area contributed by atoms with Gasteiger partial charge in [0.05, 0.1) is 25.0 Å². The molecular formula is C16H30O4. The lowest BCUT2D eigenvalue weighted by Crippen LogP contribution is -2.41. The predicted molar refractivity (Wildman–Crippen MR) is 79.2 cm³/mol. The summed E-state index contributed by atoms with van der Waals surface area (Å²) in [7, 11) is 0.